The fraction of sp³-hybridized carbons (Fsp3) is 0.680. The van der Waals surface area contributed by atoms with E-state index in [1.807, 2.05) is 21.9 Å². The molecule has 0 spiro atoms. The fourth-order valence-corrected chi connectivity index (χ4v) is 4.46. The molecule has 1 unspecified atom stereocenters. The Kier molecular flexibility index (Phi) is 8.61. The van der Waals surface area contributed by atoms with Crippen LogP contribution in [0.2, 0.25) is 0 Å². The summed E-state index contributed by atoms with van der Waals surface area (Å²) in [6.07, 6.45) is 5.60. The smallest absolute Gasteiger partial charge is 0.253 e. The Bertz CT molecular complexity index is 743. The van der Waals surface area contributed by atoms with E-state index < -0.39 is 0 Å². The lowest BCUT2D eigenvalue weighted by Gasteiger charge is -2.37. The maximum Gasteiger partial charge on any atom is 0.253 e. The minimum absolute atomic E-state index is 0.000818. The van der Waals surface area contributed by atoms with Gasteiger partial charge in [-0.15, -0.1) is 0 Å². The molecule has 1 atom stereocenters. The molecule has 6 heteroatoms. The van der Waals surface area contributed by atoms with Gasteiger partial charge in [-0.3, -0.25) is 9.59 Å². The van der Waals surface area contributed by atoms with Crippen molar-refractivity contribution in [3.05, 3.63) is 23.8 Å². The van der Waals surface area contributed by atoms with E-state index in [0.29, 0.717) is 49.3 Å². The van der Waals surface area contributed by atoms with Crippen LogP contribution in [0.5, 0.6) is 11.5 Å². The number of rotatable bonds is 8. The van der Waals surface area contributed by atoms with Crippen molar-refractivity contribution in [2.75, 3.05) is 39.4 Å². The highest BCUT2D eigenvalue weighted by molar-refractivity contribution is 5.95. The highest BCUT2D eigenvalue weighted by atomic mass is 16.5. The van der Waals surface area contributed by atoms with Crippen molar-refractivity contribution in [3.8, 4) is 11.5 Å². The lowest BCUT2D eigenvalue weighted by atomic mass is 9.92. The van der Waals surface area contributed by atoms with Gasteiger partial charge in [0.1, 0.15) is 0 Å². The van der Waals surface area contributed by atoms with Crippen LogP contribution in [-0.4, -0.2) is 61.0 Å². The second-order valence-corrected chi connectivity index (χ2v) is 8.96. The van der Waals surface area contributed by atoms with Crippen LogP contribution in [-0.2, 0) is 4.79 Å². The molecule has 2 amide bonds. The quantitative estimate of drug-likeness (QED) is 0.614. The van der Waals surface area contributed by atoms with Crippen LogP contribution in [0, 0.1) is 11.8 Å². The SMILES string of the molecule is CCCOc1ccc(C(=O)N2CCC(C(=O)N3CCCC(C)C3)CC2)cc1OCCC. The van der Waals surface area contributed by atoms with Gasteiger partial charge in [0.25, 0.3) is 5.91 Å². The Balaban J connectivity index is 1.60. The largest absolute Gasteiger partial charge is 0.490 e. The first-order chi connectivity index (χ1) is 15.0. The monoisotopic (exact) mass is 430 g/mol. The maximum absolute atomic E-state index is 13.1. The van der Waals surface area contributed by atoms with E-state index in [0.717, 1.165) is 45.2 Å². The summed E-state index contributed by atoms with van der Waals surface area (Å²) in [5, 5.41) is 0. The zero-order chi connectivity index (χ0) is 22.2. The van der Waals surface area contributed by atoms with E-state index in [1.165, 1.54) is 6.42 Å². The number of amides is 2. The van der Waals surface area contributed by atoms with E-state index in [9.17, 15) is 9.59 Å². The van der Waals surface area contributed by atoms with Crippen molar-refractivity contribution in [3.63, 3.8) is 0 Å². The van der Waals surface area contributed by atoms with E-state index in [-0.39, 0.29) is 17.7 Å². The number of benzene rings is 1. The molecule has 0 aromatic heterocycles. The highest BCUT2D eigenvalue weighted by Gasteiger charge is 2.32. The van der Waals surface area contributed by atoms with Crippen molar-refractivity contribution >= 4 is 11.8 Å². The van der Waals surface area contributed by atoms with Crippen molar-refractivity contribution in [1.29, 1.82) is 0 Å². The molecule has 0 saturated carbocycles. The van der Waals surface area contributed by atoms with Crippen LogP contribution in [0.4, 0.5) is 0 Å². The summed E-state index contributed by atoms with van der Waals surface area (Å²) in [6, 6.07) is 5.45. The molecule has 2 heterocycles. The van der Waals surface area contributed by atoms with Gasteiger partial charge >= 0.3 is 0 Å². The summed E-state index contributed by atoms with van der Waals surface area (Å²) in [6.45, 7) is 10.5. The number of hydrogen-bond donors (Lipinski definition) is 0. The average Bonchev–Trinajstić information content (AvgIpc) is 2.80. The average molecular weight is 431 g/mol. The zero-order valence-corrected chi connectivity index (χ0v) is 19.4. The number of piperidine rings is 2. The Labute approximate surface area is 186 Å². The van der Waals surface area contributed by atoms with Crippen molar-refractivity contribution < 1.29 is 19.1 Å². The molecule has 1 aromatic rings. The van der Waals surface area contributed by atoms with Gasteiger partial charge in [0, 0.05) is 37.7 Å². The first kappa shape index (κ1) is 23.4. The molecule has 0 aliphatic carbocycles. The molecular weight excluding hydrogens is 392 g/mol. The van der Waals surface area contributed by atoms with Crippen molar-refractivity contribution in [2.24, 2.45) is 11.8 Å². The summed E-state index contributed by atoms with van der Waals surface area (Å²) >= 11 is 0. The van der Waals surface area contributed by atoms with Gasteiger partial charge in [-0.2, -0.15) is 0 Å². The summed E-state index contributed by atoms with van der Waals surface area (Å²) < 4.78 is 11.6. The zero-order valence-electron chi connectivity index (χ0n) is 19.4. The molecule has 0 N–H and O–H groups in total. The first-order valence-corrected chi connectivity index (χ1v) is 12.0. The van der Waals surface area contributed by atoms with Gasteiger partial charge in [-0.25, -0.2) is 0 Å². The minimum atomic E-state index is 0.000818. The topological polar surface area (TPSA) is 59.1 Å². The summed E-state index contributed by atoms with van der Waals surface area (Å²) in [7, 11) is 0. The second-order valence-electron chi connectivity index (χ2n) is 8.96. The standard InChI is InChI=1S/C25H38N2O4/c1-4-15-30-22-9-8-21(17-23(22)31-16-5-2)25(29)26-13-10-20(11-14-26)24(28)27-12-6-7-19(3)18-27/h8-9,17,19-20H,4-7,10-16,18H2,1-3H3. The molecule has 31 heavy (non-hydrogen) atoms. The number of likely N-dealkylation sites (tertiary alicyclic amines) is 2. The number of carbonyl (C=O) groups is 2. The van der Waals surface area contributed by atoms with Crippen LogP contribution in [0.15, 0.2) is 18.2 Å². The summed E-state index contributed by atoms with van der Waals surface area (Å²) in [5.41, 5.74) is 0.615. The van der Waals surface area contributed by atoms with Crippen LogP contribution in [0.25, 0.3) is 0 Å². The molecule has 0 radical (unpaired) electrons. The normalized spacial score (nSPS) is 19.9. The number of ether oxygens (including phenoxy) is 2. The Morgan fingerprint density at radius 1 is 0.935 bits per heavy atom. The third-order valence-electron chi connectivity index (χ3n) is 6.21. The van der Waals surface area contributed by atoms with Gasteiger partial charge in [0.15, 0.2) is 11.5 Å². The van der Waals surface area contributed by atoms with E-state index in [1.54, 1.807) is 6.07 Å². The first-order valence-electron chi connectivity index (χ1n) is 12.0. The van der Waals surface area contributed by atoms with Crippen molar-refractivity contribution in [1.82, 2.24) is 9.80 Å². The lowest BCUT2D eigenvalue weighted by Crippen LogP contribution is -2.47. The van der Waals surface area contributed by atoms with Gasteiger partial charge in [0.05, 0.1) is 13.2 Å². The van der Waals surface area contributed by atoms with Crippen LogP contribution < -0.4 is 9.47 Å². The number of carbonyl (C=O) groups excluding carboxylic acids is 2. The van der Waals surface area contributed by atoms with Gasteiger partial charge in [-0.05, 0) is 62.6 Å². The molecule has 3 rings (SSSR count). The molecule has 2 saturated heterocycles. The minimum Gasteiger partial charge on any atom is -0.490 e. The lowest BCUT2D eigenvalue weighted by molar-refractivity contribution is -0.138. The molecule has 2 fully saturated rings. The molecular formula is C25H38N2O4. The van der Waals surface area contributed by atoms with E-state index in [4.69, 9.17) is 9.47 Å². The predicted molar refractivity (Wildman–Crippen MR) is 122 cm³/mol. The van der Waals surface area contributed by atoms with Crippen LogP contribution in [0.1, 0.15) is 69.7 Å². The number of hydrogen-bond acceptors (Lipinski definition) is 4. The van der Waals surface area contributed by atoms with Crippen molar-refractivity contribution in [2.45, 2.75) is 59.3 Å². The van der Waals surface area contributed by atoms with E-state index in [2.05, 4.69) is 20.8 Å². The molecule has 2 aliphatic rings. The predicted octanol–water partition coefficient (Wildman–Crippen LogP) is 4.37. The molecule has 1 aromatic carbocycles. The molecule has 2 aliphatic heterocycles. The maximum atomic E-state index is 13.1. The summed E-state index contributed by atoms with van der Waals surface area (Å²) in [5.74, 6) is 2.24. The molecule has 172 valence electrons. The highest BCUT2D eigenvalue weighted by Crippen LogP contribution is 2.30. The Hall–Kier alpha value is -2.24. The third kappa shape index (κ3) is 6.14. The third-order valence-corrected chi connectivity index (χ3v) is 6.21. The van der Waals surface area contributed by atoms with Gasteiger partial charge in [-0.1, -0.05) is 20.8 Å². The number of nitrogens with zero attached hydrogens (tertiary/aromatic N) is 2. The van der Waals surface area contributed by atoms with Gasteiger partial charge in [0.2, 0.25) is 5.91 Å². The van der Waals surface area contributed by atoms with Gasteiger partial charge < -0.3 is 19.3 Å². The fourth-order valence-electron chi connectivity index (χ4n) is 4.46. The Morgan fingerprint density at radius 2 is 1.61 bits per heavy atom. The van der Waals surface area contributed by atoms with E-state index >= 15 is 0 Å². The summed E-state index contributed by atoms with van der Waals surface area (Å²) in [4.78, 5) is 29.9. The Morgan fingerprint density at radius 3 is 2.26 bits per heavy atom. The second kappa shape index (κ2) is 11.4. The molecule has 6 nitrogen and oxygen atoms in total. The van der Waals surface area contributed by atoms with Crippen LogP contribution >= 0.6 is 0 Å². The molecule has 0 bridgehead atoms. The van der Waals surface area contributed by atoms with Crippen LogP contribution in [0.3, 0.4) is 0 Å².